The standard InChI is InChI=1S/C72H58N2O/c1-71(2,3)51-43-50(44-52(46-51)72(4,5)6)55-29-18-21-48-22-19-30-60(69(48)55)56-25-10-14-32-63(56)73(54-40-37-47(38-41-54)49-39-42-59-58-27-13-17-36-67(58)75-68(59)45-49)64-33-15-11-26-57(64)61-31-20-35-66-70(61)62-28-12-16-34-65(62)74(66)53-23-8-7-9-24-53/h7-46H,1-6H3. The molecule has 75 heavy (non-hydrogen) atoms. The monoisotopic (exact) mass is 966 g/mol. The summed E-state index contributed by atoms with van der Waals surface area (Å²) in [5, 5.41) is 7.14. The lowest BCUT2D eigenvalue weighted by Gasteiger charge is -2.30. The maximum absolute atomic E-state index is 6.38. The zero-order valence-corrected chi connectivity index (χ0v) is 43.4. The largest absolute Gasteiger partial charge is 0.456 e. The summed E-state index contributed by atoms with van der Waals surface area (Å²) in [4.78, 5) is 2.49. The van der Waals surface area contributed by atoms with E-state index in [2.05, 4.69) is 282 Å². The third kappa shape index (κ3) is 7.99. The van der Waals surface area contributed by atoms with E-state index in [1.807, 2.05) is 12.1 Å². The van der Waals surface area contributed by atoms with Gasteiger partial charge in [-0.3, -0.25) is 0 Å². The zero-order chi connectivity index (χ0) is 51.0. The minimum absolute atomic E-state index is 0.0274. The summed E-state index contributed by atoms with van der Waals surface area (Å²) in [6.07, 6.45) is 0. The van der Waals surface area contributed by atoms with Crippen LogP contribution in [0.25, 0.3) is 105 Å². The van der Waals surface area contributed by atoms with E-state index in [-0.39, 0.29) is 10.8 Å². The van der Waals surface area contributed by atoms with Gasteiger partial charge in [0.1, 0.15) is 11.2 Å². The van der Waals surface area contributed by atoms with E-state index >= 15 is 0 Å². The second-order valence-corrected chi connectivity index (χ2v) is 22.1. The van der Waals surface area contributed by atoms with Gasteiger partial charge in [-0.25, -0.2) is 0 Å². The molecule has 0 aliphatic rings. The molecule has 13 rings (SSSR count). The van der Waals surface area contributed by atoms with Crippen LogP contribution >= 0.6 is 0 Å². The van der Waals surface area contributed by atoms with Crippen LogP contribution in [0.1, 0.15) is 52.7 Å². The van der Waals surface area contributed by atoms with Crippen molar-refractivity contribution in [1.29, 1.82) is 0 Å². The van der Waals surface area contributed by atoms with Crippen molar-refractivity contribution in [3.05, 3.63) is 254 Å². The molecule has 3 heteroatoms. The average Bonchev–Trinajstić information content (AvgIpc) is 3.99. The normalized spacial score (nSPS) is 12.1. The Balaban J connectivity index is 1.04. The molecule has 2 heterocycles. The highest BCUT2D eigenvalue weighted by Crippen LogP contribution is 2.50. The summed E-state index contributed by atoms with van der Waals surface area (Å²) in [5.74, 6) is 0. The van der Waals surface area contributed by atoms with Crippen molar-refractivity contribution >= 4 is 71.6 Å². The topological polar surface area (TPSA) is 21.3 Å². The van der Waals surface area contributed by atoms with E-state index in [1.54, 1.807) is 0 Å². The lowest BCUT2D eigenvalue weighted by molar-refractivity contribution is 0.569. The number of aromatic nitrogens is 1. The first kappa shape index (κ1) is 45.9. The minimum Gasteiger partial charge on any atom is -0.456 e. The summed E-state index contributed by atoms with van der Waals surface area (Å²) < 4.78 is 8.79. The average molecular weight is 967 g/mol. The fourth-order valence-electron chi connectivity index (χ4n) is 11.5. The number of fused-ring (bicyclic) bond motifs is 7. The predicted molar refractivity (Wildman–Crippen MR) is 319 cm³/mol. The van der Waals surface area contributed by atoms with E-state index in [9.17, 15) is 0 Å². The molecule has 0 atom stereocenters. The molecule has 0 bridgehead atoms. The van der Waals surface area contributed by atoms with Gasteiger partial charge in [-0.15, -0.1) is 0 Å². The number of hydrogen-bond donors (Lipinski definition) is 0. The number of nitrogens with zero attached hydrogens (tertiary/aromatic N) is 2. The van der Waals surface area contributed by atoms with E-state index in [0.29, 0.717) is 0 Å². The third-order valence-corrected chi connectivity index (χ3v) is 15.3. The predicted octanol–water partition coefficient (Wildman–Crippen LogP) is 20.6. The smallest absolute Gasteiger partial charge is 0.136 e. The number of benzene rings is 11. The van der Waals surface area contributed by atoms with E-state index in [4.69, 9.17) is 4.42 Å². The van der Waals surface area contributed by atoms with Crippen LogP contribution in [-0.4, -0.2) is 4.57 Å². The highest BCUT2D eigenvalue weighted by atomic mass is 16.3. The Morgan fingerprint density at radius 3 is 1.55 bits per heavy atom. The summed E-state index contributed by atoms with van der Waals surface area (Å²) in [6, 6.07) is 89.2. The van der Waals surface area contributed by atoms with Crippen LogP contribution in [-0.2, 0) is 10.8 Å². The van der Waals surface area contributed by atoms with Crippen LogP contribution in [0.3, 0.4) is 0 Å². The van der Waals surface area contributed by atoms with Crippen molar-refractivity contribution in [2.75, 3.05) is 4.90 Å². The van der Waals surface area contributed by atoms with E-state index in [1.165, 1.54) is 66.0 Å². The molecular formula is C72H58N2O. The Labute approximate surface area is 439 Å². The fourth-order valence-corrected chi connectivity index (χ4v) is 11.5. The Kier molecular flexibility index (Phi) is 11.0. The van der Waals surface area contributed by atoms with Crippen LogP contribution in [0, 0.1) is 0 Å². The Morgan fingerprint density at radius 1 is 0.347 bits per heavy atom. The molecule has 3 nitrogen and oxygen atoms in total. The number of rotatable bonds is 8. The molecule has 0 spiro atoms. The molecular weight excluding hydrogens is 909 g/mol. The van der Waals surface area contributed by atoms with Crippen LogP contribution in [0.2, 0.25) is 0 Å². The molecule has 0 aliphatic heterocycles. The highest BCUT2D eigenvalue weighted by molar-refractivity contribution is 6.17. The second kappa shape index (κ2) is 17.9. The summed E-state index contributed by atoms with van der Waals surface area (Å²) in [5.41, 5.74) is 20.5. The van der Waals surface area contributed by atoms with Gasteiger partial charge in [0, 0.05) is 44.0 Å². The van der Waals surface area contributed by atoms with Crippen LogP contribution in [0.4, 0.5) is 17.1 Å². The summed E-state index contributed by atoms with van der Waals surface area (Å²) in [7, 11) is 0. The van der Waals surface area contributed by atoms with Crippen molar-refractivity contribution in [2.24, 2.45) is 0 Å². The summed E-state index contributed by atoms with van der Waals surface area (Å²) >= 11 is 0. The molecule has 11 aromatic carbocycles. The molecule has 0 unspecified atom stereocenters. The zero-order valence-electron chi connectivity index (χ0n) is 43.4. The van der Waals surface area contributed by atoms with Gasteiger partial charge < -0.3 is 13.9 Å². The van der Waals surface area contributed by atoms with E-state index < -0.39 is 0 Å². The van der Waals surface area contributed by atoms with Gasteiger partial charge >= 0.3 is 0 Å². The first-order chi connectivity index (χ1) is 36.5. The quantitative estimate of drug-likeness (QED) is 0.151. The van der Waals surface area contributed by atoms with Crippen LogP contribution in [0.15, 0.2) is 247 Å². The first-order valence-electron chi connectivity index (χ1n) is 26.2. The van der Waals surface area contributed by atoms with Gasteiger partial charge in [0.05, 0.1) is 22.4 Å². The lowest BCUT2D eigenvalue weighted by Crippen LogP contribution is -2.16. The molecule has 362 valence electrons. The maximum atomic E-state index is 6.38. The van der Waals surface area contributed by atoms with Crippen molar-refractivity contribution in [3.8, 4) is 50.2 Å². The van der Waals surface area contributed by atoms with Crippen molar-refractivity contribution < 1.29 is 4.42 Å². The molecule has 0 N–H and O–H groups in total. The molecule has 0 aliphatic carbocycles. The van der Waals surface area contributed by atoms with Crippen LogP contribution < -0.4 is 4.90 Å². The molecule has 0 fully saturated rings. The van der Waals surface area contributed by atoms with Gasteiger partial charge in [-0.1, -0.05) is 217 Å². The molecule has 13 aromatic rings. The van der Waals surface area contributed by atoms with Gasteiger partial charge in [0.15, 0.2) is 0 Å². The van der Waals surface area contributed by atoms with Gasteiger partial charge in [0.2, 0.25) is 0 Å². The fraction of sp³-hybridized carbons (Fsp3) is 0.111. The number of para-hydroxylation sites is 5. The Bertz CT molecular complexity index is 4270. The Morgan fingerprint density at radius 2 is 0.867 bits per heavy atom. The maximum Gasteiger partial charge on any atom is 0.136 e. The van der Waals surface area contributed by atoms with Crippen molar-refractivity contribution in [3.63, 3.8) is 0 Å². The lowest BCUT2D eigenvalue weighted by atomic mass is 9.78. The number of furan rings is 1. The van der Waals surface area contributed by atoms with E-state index in [0.717, 1.165) is 66.9 Å². The number of hydrogen-bond acceptors (Lipinski definition) is 2. The van der Waals surface area contributed by atoms with Gasteiger partial charge in [-0.2, -0.15) is 0 Å². The molecule has 0 radical (unpaired) electrons. The highest BCUT2D eigenvalue weighted by Gasteiger charge is 2.26. The second-order valence-electron chi connectivity index (χ2n) is 22.1. The van der Waals surface area contributed by atoms with Crippen molar-refractivity contribution in [2.45, 2.75) is 52.4 Å². The first-order valence-corrected chi connectivity index (χ1v) is 26.2. The molecule has 0 amide bonds. The molecule has 0 saturated carbocycles. The Hall–Kier alpha value is -8.92. The van der Waals surface area contributed by atoms with Gasteiger partial charge in [0.25, 0.3) is 0 Å². The molecule has 2 aromatic heterocycles. The summed E-state index contributed by atoms with van der Waals surface area (Å²) in [6.45, 7) is 13.9. The molecule has 0 saturated heterocycles. The number of anilines is 3. The van der Waals surface area contributed by atoms with Crippen LogP contribution in [0.5, 0.6) is 0 Å². The SMILES string of the molecule is CC(C)(C)c1cc(-c2cccc3cccc(-c4ccccc4N(c4ccc(-c5ccc6c(c5)oc5ccccc56)cc4)c4ccccc4-c4cccc5c4c4ccccc4n5-c4ccccc4)c23)cc(C(C)(C)C)c1. The minimum atomic E-state index is -0.0274. The van der Waals surface area contributed by atoms with Crippen molar-refractivity contribution in [1.82, 2.24) is 4.57 Å². The third-order valence-electron chi connectivity index (χ3n) is 15.3. The van der Waals surface area contributed by atoms with Gasteiger partial charge in [-0.05, 0) is 133 Å².